The molecule has 1 N–H and O–H groups in total. The molecule has 0 saturated heterocycles. The Bertz CT molecular complexity index is 575. The molecule has 0 spiro atoms. The molecule has 0 aliphatic carbocycles. The molecule has 2 aromatic rings. The third-order valence-corrected chi connectivity index (χ3v) is 4.37. The third-order valence-electron chi connectivity index (χ3n) is 2.98. The maximum absolute atomic E-state index is 9.44. The fraction of sp³-hybridized carbons (Fsp3) is 0.357. The molecule has 0 unspecified atom stereocenters. The molecular formula is C14H18N2OS. The van der Waals surface area contributed by atoms with E-state index < -0.39 is 0 Å². The average Bonchev–Trinajstić information content (AvgIpc) is 2.57. The van der Waals surface area contributed by atoms with Gasteiger partial charge in [0.25, 0.3) is 0 Å². The molecule has 0 aliphatic heterocycles. The van der Waals surface area contributed by atoms with E-state index in [4.69, 9.17) is 0 Å². The number of hydrogen-bond donors (Lipinski definition) is 1. The van der Waals surface area contributed by atoms with Crippen LogP contribution >= 0.6 is 11.8 Å². The Balaban J connectivity index is 2.39. The number of hydrogen-bond acceptors (Lipinski definition) is 3. The normalized spacial score (nSPS) is 10.9. The third kappa shape index (κ3) is 2.44. The van der Waals surface area contributed by atoms with E-state index in [1.807, 2.05) is 18.7 Å². The molecule has 0 atom stereocenters. The van der Waals surface area contributed by atoms with Gasteiger partial charge in [-0.15, -0.1) is 0 Å². The van der Waals surface area contributed by atoms with Crippen LogP contribution in [-0.2, 0) is 13.7 Å². The van der Waals surface area contributed by atoms with Gasteiger partial charge in [-0.1, -0.05) is 29.5 Å². The van der Waals surface area contributed by atoms with Crippen molar-refractivity contribution >= 4 is 11.8 Å². The topological polar surface area (TPSA) is 38.1 Å². The van der Waals surface area contributed by atoms with Crippen LogP contribution in [0, 0.1) is 20.8 Å². The zero-order chi connectivity index (χ0) is 13.3. The molecule has 18 heavy (non-hydrogen) atoms. The van der Waals surface area contributed by atoms with Gasteiger partial charge in [0.15, 0.2) is 0 Å². The van der Waals surface area contributed by atoms with Gasteiger partial charge in [-0.05, 0) is 32.4 Å². The van der Waals surface area contributed by atoms with Gasteiger partial charge in [0, 0.05) is 17.5 Å². The van der Waals surface area contributed by atoms with Crippen LogP contribution in [0.3, 0.4) is 0 Å². The maximum Gasteiger partial charge on any atom is 0.104 e. The van der Waals surface area contributed by atoms with Crippen LogP contribution in [0.4, 0.5) is 0 Å². The van der Waals surface area contributed by atoms with Gasteiger partial charge in [-0.25, -0.2) is 0 Å². The Morgan fingerprint density at radius 2 is 2.00 bits per heavy atom. The number of aliphatic hydroxyl groups excluding tert-OH is 1. The lowest BCUT2D eigenvalue weighted by molar-refractivity contribution is 0.277. The fourth-order valence-corrected chi connectivity index (χ4v) is 3.08. The van der Waals surface area contributed by atoms with Crippen molar-refractivity contribution in [2.75, 3.05) is 0 Å². The van der Waals surface area contributed by atoms with Crippen molar-refractivity contribution in [1.29, 1.82) is 0 Å². The van der Waals surface area contributed by atoms with E-state index >= 15 is 0 Å². The Morgan fingerprint density at radius 1 is 1.28 bits per heavy atom. The van der Waals surface area contributed by atoms with Crippen LogP contribution < -0.4 is 0 Å². The first-order valence-electron chi connectivity index (χ1n) is 5.91. The lowest BCUT2D eigenvalue weighted by Gasteiger charge is -2.08. The second kappa shape index (κ2) is 5.16. The molecule has 96 valence electrons. The quantitative estimate of drug-likeness (QED) is 0.924. The molecule has 3 nitrogen and oxygen atoms in total. The smallest absolute Gasteiger partial charge is 0.104 e. The second-order valence-electron chi connectivity index (χ2n) is 4.52. The molecule has 0 bridgehead atoms. The van der Waals surface area contributed by atoms with Crippen molar-refractivity contribution < 1.29 is 5.11 Å². The Morgan fingerprint density at radius 3 is 2.61 bits per heavy atom. The largest absolute Gasteiger partial charge is 0.392 e. The molecule has 0 aliphatic rings. The fourth-order valence-electron chi connectivity index (χ4n) is 2.01. The first-order valence-corrected chi connectivity index (χ1v) is 6.73. The van der Waals surface area contributed by atoms with E-state index in [0.29, 0.717) is 0 Å². The summed E-state index contributed by atoms with van der Waals surface area (Å²) in [4.78, 5) is 1.21. The summed E-state index contributed by atoms with van der Waals surface area (Å²) in [7, 11) is 1.91. The summed E-state index contributed by atoms with van der Waals surface area (Å²) in [5, 5.41) is 14.8. The van der Waals surface area contributed by atoms with E-state index in [0.717, 1.165) is 16.3 Å². The van der Waals surface area contributed by atoms with E-state index in [2.05, 4.69) is 37.1 Å². The van der Waals surface area contributed by atoms with Crippen LogP contribution in [0.25, 0.3) is 0 Å². The van der Waals surface area contributed by atoms with Gasteiger partial charge in [0.1, 0.15) is 5.03 Å². The van der Waals surface area contributed by atoms with Crippen molar-refractivity contribution in [2.45, 2.75) is 37.3 Å². The van der Waals surface area contributed by atoms with Crippen molar-refractivity contribution in [3.05, 3.63) is 40.6 Å². The molecule has 1 aromatic heterocycles. The van der Waals surface area contributed by atoms with Crippen LogP contribution in [0.5, 0.6) is 0 Å². The first-order chi connectivity index (χ1) is 8.52. The molecule has 2 rings (SSSR count). The first kappa shape index (κ1) is 13.2. The van der Waals surface area contributed by atoms with Gasteiger partial charge in [0.2, 0.25) is 0 Å². The van der Waals surface area contributed by atoms with Crippen molar-refractivity contribution in [3.8, 4) is 0 Å². The number of rotatable bonds is 3. The summed E-state index contributed by atoms with van der Waals surface area (Å²) in [6.07, 6.45) is 0. The van der Waals surface area contributed by atoms with Crippen LogP contribution in [0.1, 0.15) is 22.4 Å². The predicted molar refractivity (Wildman–Crippen MR) is 73.9 cm³/mol. The zero-order valence-electron chi connectivity index (χ0n) is 11.2. The van der Waals surface area contributed by atoms with Crippen LogP contribution in [0.15, 0.2) is 28.1 Å². The summed E-state index contributed by atoms with van der Waals surface area (Å²) < 4.78 is 1.84. The van der Waals surface area contributed by atoms with Crippen molar-refractivity contribution in [1.82, 2.24) is 9.78 Å². The highest BCUT2D eigenvalue weighted by molar-refractivity contribution is 7.99. The van der Waals surface area contributed by atoms with Crippen molar-refractivity contribution in [3.63, 3.8) is 0 Å². The summed E-state index contributed by atoms with van der Waals surface area (Å²) in [6, 6.07) is 6.40. The number of aromatic nitrogens is 2. The number of aliphatic hydroxyl groups is 1. The maximum atomic E-state index is 9.44. The number of benzene rings is 1. The Kier molecular flexibility index (Phi) is 3.78. The second-order valence-corrected chi connectivity index (χ2v) is 5.55. The van der Waals surface area contributed by atoms with Gasteiger partial charge in [-0.3, -0.25) is 4.68 Å². The minimum Gasteiger partial charge on any atom is -0.392 e. The Labute approximate surface area is 112 Å². The molecule has 4 heteroatoms. The van der Waals surface area contributed by atoms with Gasteiger partial charge in [0.05, 0.1) is 12.3 Å². The highest BCUT2D eigenvalue weighted by Gasteiger charge is 2.14. The predicted octanol–water partition coefficient (Wildman–Crippen LogP) is 2.99. The minimum absolute atomic E-state index is 0.0346. The number of aryl methyl sites for hydroxylation is 4. The molecule has 1 aromatic carbocycles. The molecular weight excluding hydrogens is 244 g/mol. The monoisotopic (exact) mass is 262 g/mol. The molecule has 0 fully saturated rings. The summed E-state index contributed by atoms with van der Waals surface area (Å²) in [5.41, 5.74) is 4.33. The zero-order valence-corrected chi connectivity index (χ0v) is 12.0. The summed E-state index contributed by atoms with van der Waals surface area (Å²) in [6.45, 7) is 6.16. The standard InChI is InChI=1S/C14H18N2OS/c1-9-5-6-13(10(2)7-9)18-14-12(8-17)11(3)15-16(14)4/h5-7,17H,8H2,1-4H3. The van der Waals surface area contributed by atoms with E-state index in [-0.39, 0.29) is 6.61 Å². The molecule has 0 saturated carbocycles. The summed E-state index contributed by atoms with van der Waals surface area (Å²) >= 11 is 1.66. The van der Waals surface area contributed by atoms with Gasteiger partial charge in [-0.2, -0.15) is 5.10 Å². The Hall–Kier alpha value is -1.26. The van der Waals surface area contributed by atoms with E-state index in [1.165, 1.54) is 16.0 Å². The highest BCUT2D eigenvalue weighted by atomic mass is 32.2. The minimum atomic E-state index is 0.0346. The van der Waals surface area contributed by atoms with Gasteiger partial charge >= 0.3 is 0 Å². The van der Waals surface area contributed by atoms with Crippen molar-refractivity contribution in [2.24, 2.45) is 7.05 Å². The highest BCUT2D eigenvalue weighted by Crippen LogP contribution is 2.33. The molecule has 0 radical (unpaired) electrons. The lowest BCUT2D eigenvalue weighted by Crippen LogP contribution is -1.94. The lowest BCUT2D eigenvalue weighted by atomic mass is 10.2. The average molecular weight is 262 g/mol. The summed E-state index contributed by atoms with van der Waals surface area (Å²) in [5.74, 6) is 0. The van der Waals surface area contributed by atoms with E-state index in [9.17, 15) is 5.11 Å². The van der Waals surface area contributed by atoms with Gasteiger partial charge < -0.3 is 5.11 Å². The molecule has 0 amide bonds. The van der Waals surface area contributed by atoms with E-state index in [1.54, 1.807) is 11.8 Å². The van der Waals surface area contributed by atoms with Crippen LogP contribution in [-0.4, -0.2) is 14.9 Å². The number of nitrogens with zero attached hydrogens (tertiary/aromatic N) is 2. The molecule has 1 heterocycles. The SMILES string of the molecule is Cc1ccc(Sc2c(CO)c(C)nn2C)c(C)c1. The van der Waals surface area contributed by atoms with Crippen LogP contribution in [0.2, 0.25) is 0 Å².